The van der Waals surface area contributed by atoms with E-state index in [2.05, 4.69) is 13.2 Å². The van der Waals surface area contributed by atoms with Gasteiger partial charge in [0.25, 0.3) is 0 Å². The largest absolute Gasteiger partial charge is 0.462 e. The van der Waals surface area contributed by atoms with Gasteiger partial charge in [-0.1, -0.05) is 12.7 Å². The molecule has 0 aromatic rings. The lowest BCUT2D eigenvalue weighted by atomic mass is 10.4. The van der Waals surface area contributed by atoms with Crippen LogP contribution in [0.5, 0.6) is 0 Å². The Morgan fingerprint density at radius 2 is 1.71 bits per heavy atom. The van der Waals surface area contributed by atoms with Crippen molar-refractivity contribution in [2.45, 2.75) is 19.8 Å². The molecule has 0 saturated heterocycles. The maximum atomic E-state index is 11.0. The fourth-order valence-corrected chi connectivity index (χ4v) is 0.981. The normalized spacial score (nSPS) is 9.94. The van der Waals surface area contributed by atoms with Crippen molar-refractivity contribution < 1.29 is 19.0 Å². The molecule has 0 aliphatic heterocycles. The molecule has 0 saturated carbocycles. The minimum atomic E-state index is -0.345. The maximum absolute atomic E-state index is 11.0. The zero-order valence-electron chi connectivity index (χ0n) is 10.6. The molecule has 0 aliphatic carbocycles. The average molecular weight is 242 g/mol. The van der Waals surface area contributed by atoms with E-state index in [0.717, 1.165) is 6.42 Å². The van der Waals surface area contributed by atoms with Crippen LogP contribution in [0.3, 0.4) is 0 Å². The Kier molecular flexibility index (Phi) is 10.6. The van der Waals surface area contributed by atoms with Gasteiger partial charge in [0.1, 0.15) is 0 Å². The Hall–Kier alpha value is -1.13. The molecule has 0 aromatic heterocycles. The topological polar surface area (TPSA) is 44.8 Å². The van der Waals surface area contributed by atoms with Gasteiger partial charge in [0.05, 0.1) is 13.2 Å². The lowest BCUT2D eigenvalue weighted by Crippen LogP contribution is -2.09. The highest BCUT2D eigenvalue weighted by Crippen LogP contribution is 1.94. The minimum Gasteiger partial charge on any atom is -0.462 e. The van der Waals surface area contributed by atoms with Crippen molar-refractivity contribution in [1.82, 2.24) is 0 Å². The molecule has 0 aromatic carbocycles. The molecular weight excluding hydrogens is 220 g/mol. The molecule has 0 rings (SSSR count). The van der Waals surface area contributed by atoms with Crippen LogP contribution in [0, 0.1) is 0 Å². The van der Waals surface area contributed by atoms with E-state index in [0.29, 0.717) is 45.0 Å². The lowest BCUT2D eigenvalue weighted by molar-refractivity contribution is -0.139. The van der Waals surface area contributed by atoms with Crippen LogP contribution in [0.4, 0.5) is 0 Å². The van der Waals surface area contributed by atoms with Crippen LogP contribution in [0.25, 0.3) is 0 Å². The summed E-state index contributed by atoms with van der Waals surface area (Å²) in [6.07, 6.45) is 3.28. The Morgan fingerprint density at radius 1 is 1.12 bits per heavy atom. The highest BCUT2D eigenvalue weighted by atomic mass is 16.5. The van der Waals surface area contributed by atoms with Crippen LogP contribution in [-0.2, 0) is 19.0 Å². The number of esters is 1. The summed E-state index contributed by atoms with van der Waals surface area (Å²) >= 11 is 0. The molecule has 0 unspecified atom stereocenters. The molecule has 17 heavy (non-hydrogen) atoms. The second kappa shape index (κ2) is 11.4. The lowest BCUT2D eigenvalue weighted by Gasteiger charge is -2.05. The molecule has 0 spiro atoms. The third-order valence-electron chi connectivity index (χ3n) is 1.83. The highest BCUT2D eigenvalue weighted by Gasteiger charge is 2.01. The summed E-state index contributed by atoms with van der Waals surface area (Å²) in [6, 6.07) is 0. The Bertz CT molecular complexity index is 236. The summed E-state index contributed by atoms with van der Waals surface area (Å²) < 4.78 is 15.4. The van der Waals surface area contributed by atoms with E-state index in [1.807, 2.05) is 0 Å². The first kappa shape index (κ1) is 15.9. The summed E-state index contributed by atoms with van der Waals surface area (Å²) in [6.45, 7) is 11.5. The molecule has 4 heteroatoms. The van der Waals surface area contributed by atoms with Gasteiger partial charge in [-0.2, -0.15) is 0 Å². The first-order valence-corrected chi connectivity index (χ1v) is 5.77. The van der Waals surface area contributed by atoms with E-state index in [1.165, 1.54) is 0 Å². The van der Waals surface area contributed by atoms with Crippen molar-refractivity contribution >= 4 is 5.97 Å². The predicted octanol–water partition coefficient (Wildman–Crippen LogP) is 2.11. The molecule has 98 valence electrons. The molecule has 0 N–H and O–H groups in total. The van der Waals surface area contributed by atoms with Crippen LogP contribution >= 0.6 is 0 Å². The molecular formula is C13H22O4. The molecule has 0 fully saturated rings. The van der Waals surface area contributed by atoms with Gasteiger partial charge in [-0.25, -0.2) is 4.79 Å². The van der Waals surface area contributed by atoms with Gasteiger partial charge in [0, 0.05) is 31.8 Å². The summed E-state index contributed by atoms with van der Waals surface area (Å²) in [5.41, 5.74) is 0.422. The van der Waals surface area contributed by atoms with Gasteiger partial charge in [-0.15, -0.1) is 6.58 Å². The highest BCUT2D eigenvalue weighted by molar-refractivity contribution is 5.86. The number of carbonyl (C=O) groups is 1. The number of ether oxygens (including phenoxy) is 3. The number of hydrogen-bond acceptors (Lipinski definition) is 4. The van der Waals surface area contributed by atoms with Crippen LogP contribution in [0.2, 0.25) is 0 Å². The van der Waals surface area contributed by atoms with E-state index in [9.17, 15) is 4.79 Å². The summed E-state index contributed by atoms with van der Waals surface area (Å²) in [4.78, 5) is 11.0. The SMILES string of the molecule is C=CCOCCCOCCCOC(=O)C(=C)C. The first-order chi connectivity index (χ1) is 8.18. The summed E-state index contributed by atoms with van der Waals surface area (Å²) in [5, 5.41) is 0. The van der Waals surface area contributed by atoms with Crippen molar-refractivity contribution in [3.05, 3.63) is 24.8 Å². The fraction of sp³-hybridized carbons (Fsp3) is 0.615. The molecule has 4 nitrogen and oxygen atoms in total. The Balaban J connectivity index is 3.11. The smallest absolute Gasteiger partial charge is 0.333 e. The van der Waals surface area contributed by atoms with Gasteiger partial charge in [0.15, 0.2) is 0 Å². The molecule has 0 bridgehead atoms. The van der Waals surface area contributed by atoms with E-state index in [-0.39, 0.29) is 5.97 Å². The second-order valence-corrected chi connectivity index (χ2v) is 3.60. The standard InChI is InChI=1S/C13H22O4/c1-4-7-15-8-5-9-16-10-6-11-17-13(14)12(2)3/h4H,1-2,5-11H2,3H3. The van der Waals surface area contributed by atoms with Gasteiger partial charge in [-0.3, -0.25) is 0 Å². The van der Waals surface area contributed by atoms with Gasteiger partial charge >= 0.3 is 5.97 Å². The fourth-order valence-electron chi connectivity index (χ4n) is 0.981. The number of hydrogen-bond donors (Lipinski definition) is 0. The Labute approximate surface area is 103 Å². The van der Waals surface area contributed by atoms with Gasteiger partial charge in [-0.05, 0) is 13.3 Å². The Morgan fingerprint density at radius 3 is 2.29 bits per heavy atom. The minimum absolute atomic E-state index is 0.345. The summed E-state index contributed by atoms with van der Waals surface area (Å²) in [5.74, 6) is -0.345. The van der Waals surface area contributed by atoms with Crippen LogP contribution in [0.1, 0.15) is 19.8 Å². The first-order valence-electron chi connectivity index (χ1n) is 5.77. The van der Waals surface area contributed by atoms with E-state index in [1.54, 1.807) is 13.0 Å². The monoisotopic (exact) mass is 242 g/mol. The molecule has 0 aliphatic rings. The zero-order valence-corrected chi connectivity index (χ0v) is 10.6. The van der Waals surface area contributed by atoms with Gasteiger partial charge in [0.2, 0.25) is 0 Å². The van der Waals surface area contributed by atoms with Crippen molar-refractivity contribution in [3.63, 3.8) is 0 Å². The third-order valence-corrected chi connectivity index (χ3v) is 1.83. The van der Waals surface area contributed by atoms with Crippen molar-refractivity contribution in [3.8, 4) is 0 Å². The molecule has 0 amide bonds. The maximum Gasteiger partial charge on any atom is 0.333 e. The van der Waals surface area contributed by atoms with Crippen molar-refractivity contribution in [2.75, 3.05) is 33.0 Å². The zero-order chi connectivity index (χ0) is 12.9. The second-order valence-electron chi connectivity index (χ2n) is 3.60. The van der Waals surface area contributed by atoms with Crippen LogP contribution in [-0.4, -0.2) is 39.0 Å². The van der Waals surface area contributed by atoms with Crippen molar-refractivity contribution in [2.24, 2.45) is 0 Å². The van der Waals surface area contributed by atoms with Gasteiger partial charge < -0.3 is 14.2 Å². The van der Waals surface area contributed by atoms with Crippen molar-refractivity contribution in [1.29, 1.82) is 0 Å². The molecule has 0 radical (unpaired) electrons. The van der Waals surface area contributed by atoms with Crippen LogP contribution < -0.4 is 0 Å². The average Bonchev–Trinajstić information content (AvgIpc) is 2.31. The summed E-state index contributed by atoms with van der Waals surface area (Å²) in [7, 11) is 0. The number of rotatable bonds is 11. The van der Waals surface area contributed by atoms with E-state index < -0.39 is 0 Å². The quantitative estimate of drug-likeness (QED) is 0.241. The van der Waals surface area contributed by atoms with E-state index >= 15 is 0 Å². The molecule has 0 heterocycles. The van der Waals surface area contributed by atoms with Crippen LogP contribution in [0.15, 0.2) is 24.8 Å². The molecule has 0 atom stereocenters. The predicted molar refractivity (Wildman–Crippen MR) is 66.8 cm³/mol. The number of carbonyl (C=O) groups excluding carboxylic acids is 1. The third kappa shape index (κ3) is 11.1. The van der Waals surface area contributed by atoms with E-state index in [4.69, 9.17) is 14.2 Å².